The molecule has 0 aromatic heterocycles. The van der Waals surface area contributed by atoms with Crippen molar-refractivity contribution in [3.8, 4) is 11.5 Å². The summed E-state index contributed by atoms with van der Waals surface area (Å²) in [6.45, 7) is 2.20. The van der Waals surface area contributed by atoms with E-state index in [-0.39, 0.29) is 17.9 Å². The number of methoxy groups -OCH3 is 2. The monoisotopic (exact) mass is 374 g/mol. The SMILES string of the molecule is COc1ccc(OC)c(CN2C(=O)CC[C@@]2(C)C(=O)NC2CCCCC2)c1. The highest BCUT2D eigenvalue weighted by Crippen LogP contribution is 2.35. The van der Waals surface area contributed by atoms with Gasteiger partial charge in [0, 0.05) is 18.0 Å². The molecular formula is C21H30N2O4. The van der Waals surface area contributed by atoms with Gasteiger partial charge in [0.15, 0.2) is 0 Å². The lowest BCUT2D eigenvalue weighted by Crippen LogP contribution is -2.56. The van der Waals surface area contributed by atoms with Crippen molar-refractivity contribution in [2.24, 2.45) is 0 Å². The molecule has 1 saturated carbocycles. The molecule has 2 fully saturated rings. The molecule has 1 aliphatic heterocycles. The van der Waals surface area contributed by atoms with Crippen molar-refractivity contribution < 1.29 is 19.1 Å². The normalized spacial score (nSPS) is 23.4. The van der Waals surface area contributed by atoms with E-state index in [1.807, 2.05) is 25.1 Å². The second-order valence-corrected chi connectivity index (χ2v) is 7.74. The van der Waals surface area contributed by atoms with Crippen LogP contribution in [-0.4, -0.2) is 42.5 Å². The molecule has 3 rings (SSSR count). The quantitative estimate of drug-likeness (QED) is 0.831. The minimum Gasteiger partial charge on any atom is -0.497 e. The number of nitrogens with one attached hydrogen (secondary N) is 1. The van der Waals surface area contributed by atoms with Crippen LogP contribution < -0.4 is 14.8 Å². The summed E-state index contributed by atoms with van der Waals surface area (Å²) in [6, 6.07) is 5.74. The van der Waals surface area contributed by atoms with E-state index in [0.717, 1.165) is 31.2 Å². The largest absolute Gasteiger partial charge is 0.497 e. The molecule has 0 bridgehead atoms. The van der Waals surface area contributed by atoms with Gasteiger partial charge in [0.1, 0.15) is 17.0 Å². The Morgan fingerprint density at radius 3 is 2.63 bits per heavy atom. The van der Waals surface area contributed by atoms with Crippen molar-refractivity contribution in [3.05, 3.63) is 23.8 Å². The molecule has 2 aliphatic rings. The molecule has 2 amide bonds. The van der Waals surface area contributed by atoms with Crippen LogP contribution in [0.2, 0.25) is 0 Å². The lowest BCUT2D eigenvalue weighted by atomic mass is 9.92. The lowest BCUT2D eigenvalue weighted by Gasteiger charge is -2.36. The van der Waals surface area contributed by atoms with E-state index in [4.69, 9.17) is 9.47 Å². The van der Waals surface area contributed by atoms with E-state index in [2.05, 4.69) is 5.32 Å². The average Bonchev–Trinajstić information content (AvgIpc) is 2.98. The number of ether oxygens (including phenoxy) is 2. The van der Waals surface area contributed by atoms with E-state index < -0.39 is 5.54 Å². The summed E-state index contributed by atoms with van der Waals surface area (Å²) in [7, 11) is 3.21. The Bertz CT molecular complexity index is 699. The molecule has 1 aromatic rings. The first kappa shape index (κ1) is 19.5. The molecule has 1 N–H and O–H groups in total. The van der Waals surface area contributed by atoms with Crippen LogP contribution in [0.1, 0.15) is 57.4 Å². The van der Waals surface area contributed by atoms with Crippen molar-refractivity contribution in [1.29, 1.82) is 0 Å². The van der Waals surface area contributed by atoms with Crippen molar-refractivity contribution in [2.75, 3.05) is 14.2 Å². The predicted molar refractivity (Wildman–Crippen MR) is 103 cm³/mol. The lowest BCUT2D eigenvalue weighted by molar-refractivity contribution is -0.141. The molecule has 1 atom stereocenters. The third-order valence-electron chi connectivity index (χ3n) is 5.97. The van der Waals surface area contributed by atoms with Crippen molar-refractivity contribution in [3.63, 3.8) is 0 Å². The summed E-state index contributed by atoms with van der Waals surface area (Å²) in [6.07, 6.45) is 6.54. The van der Waals surface area contributed by atoms with E-state index in [0.29, 0.717) is 30.9 Å². The van der Waals surface area contributed by atoms with Crippen LogP contribution in [0, 0.1) is 0 Å². The standard InChI is InChI=1S/C21H30N2O4/c1-21(20(25)22-16-7-5-4-6-8-16)12-11-19(24)23(21)14-15-13-17(26-2)9-10-18(15)27-3/h9-10,13,16H,4-8,11-12,14H2,1-3H3,(H,22,25)/t21-/m0/s1. The van der Waals surface area contributed by atoms with Gasteiger partial charge in [-0.1, -0.05) is 19.3 Å². The summed E-state index contributed by atoms with van der Waals surface area (Å²) in [5, 5.41) is 3.20. The molecule has 1 saturated heterocycles. The summed E-state index contributed by atoms with van der Waals surface area (Å²) < 4.78 is 10.8. The molecule has 0 spiro atoms. The highest BCUT2D eigenvalue weighted by Gasteiger charge is 2.47. The van der Waals surface area contributed by atoms with Gasteiger partial charge in [-0.05, 0) is 44.4 Å². The van der Waals surface area contributed by atoms with Gasteiger partial charge in [0.25, 0.3) is 0 Å². The van der Waals surface area contributed by atoms with Crippen molar-refractivity contribution in [1.82, 2.24) is 10.2 Å². The maximum atomic E-state index is 13.1. The van der Waals surface area contributed by atoms with Gasteiger partial charge in [-0.25, -0.2) is 0 Å². The van der Waals surface area contributed by atoms with Crippen LogP contribution in [0.3, 0.4) is 0 Å². The molecule has 0 unspecified atom stereocenters. The number of nitrogens with zero attached hydrogens (tertiary/aromatic N) is 1. The number of amides is 2. The summed E-state index contributed by atoms with van der Waals surface area (Å²) in [5.41, 5.74) is 0.00611. The Morgan fingerprint density at radius 1 is 1.22 bits per heavy atom. The Labute approximate surface area is 161 Å². The highest BCUT2D eigenvalue weighted by molar-refractivity contribution is 5.94. The second kappa shape index (κ2) is 8.19. The van der Waals surface area contributed by atoms with Gasteiger partial charge in [-0.15, -0.1) is 0 Å². The Hall–Kier alpha value is -2.24. The predicted octanol–water partition coefficient (Wildman–Crippen LogP) is 3.03. The summed E-state index contributed by atoms with van der Waals surface area (Å²) in [4.78, 5) is 27.4. The molecule has 1 aliphatic carbocycles. The van der Waals surface area contributed by atoms with Crippen molar-refractivity contribution in [2.45, 2.75) is 70.0 Å². The fraction of sp³-hybridized carbons (Fsp3) is 0.619. The number of benzene rings is 1. The average molecular weight is 374 g/mol. The fourth-order valence-corrected chi connectivity index (χ4v) is 4.16. The second-order valence-electron chi connectivity index (χ2n) is 7.74. The number of rotatable bonds is 6. The van der Waals surface area contributed by atoms with Gasteiger partial charge >= 0.3 is 0 Å². The first-order valence-electron chi connectivity index (χ1n) is 9.80. The van der Waals surface area contributed by atoms with Crippen LogP contribution in [0.25, 0.3) is 0 Å². The highest BCUT2D eigenvalue weighted by atomic mass is 16.5. The molecule has 6 heteroatoms. The number of hydrogen-bond donors (Lipinski definition) is 1. The molecule has 148 valence electrons. The number of hydrogen-bond acceptors (Lipinski definition) is 4. The van der Waals surface area contributed by atoms with E-state index in [9.17, 15) is 9.59 Å². The third kappa shape index (κ3) is 4.04. The molecule has 27 heavy (non-hydrogen) atoms. The maximum absolute atomic E-state index is 13.1. The summed E-state index contributed by atoms with van der Waals surface area (Å²) in [5.74, 6) is 1.35. The third-order valence-corrected chi connectivity index (χ3v) is 5.97. The minimum absolute atomic E-state index is 0.00108. The van der Waals surface area contributed by atoms with Gasteiger partial charge in [-0.2, -0.15) is 0 Å². The summed E-state index contributed by atoms with van der Waals surface area (Å²) >= 11 is 0. The zero-order valence-electron chi connectivity index (χ0n) is 16.5. The zero-order chi connectivity index (χ0) is 19.4. The fourth-order valence-electron chi connectivity index (χ4n) is 4.16. The smallest absolute Gasteiger partial charge is 0.245 e. The molecular weight excluding hydrogens is 344 g/mol. The zero-order valence-corrected chi connectivity index (χ0v) is 16.5. The topological polar surface area (TPSA) is 67.9 Å². The van der Waals surface area contributed by atoms with Gasteiger partial charge in [0.05, 0.1) is 20.8 Å². The maximum Gasteiger partial charge on any atom is 0.245 e. The van der Waals surface area contributed by atoms with Crippen LogP contribution in [0.4, 0.5) is 0 Å². The molecule has 6 nitrogen and oxygen atoms in total. The van der Waals surface area contributed by atoms with Gasteiger partial charge < -0.3 is 19.7 Å². The van der Waals surface area contributed by atoms with Crippen molar-refractivity contribution >= 4 is 11.8 Å². The van der Waals surface area contributed by atoms with E-state index in [1.54, 1.807) is 19.1 Å². The van der Waals surface area contributed by atoms with Gasteiger partial charge in [-0.3, -0.25) is 9.59 Å². The van der Waals surface area contributed by atoms with E-state index in [1.165, 1.54) is 6.42 Å². The molecule has 0 radical (unpaired) electrons. The first-order chi connectivity index (χ1) is 13.0. The van der Waals surface area contributed by atoms with Crippen LogP contribution in [0.15, 0.2) is 18.2 Å². The van der Waals surface area contributed by atoms with Gasteiger partial charge in [0.2, 0.25) is 11.8 Å². The van der Waals surface area contributed by atoms with Crippen LogP contribution in [-0.2, 0) is 16.1 Å². The first-order valence-corrected chi connectivity index (χ1v) is 9.80. The number of carbonyl (C=O) groups excluding carboxylic acids is 2. The molecule has 1 aromatic carbocycles. The van der Waals surface area contributed by atoms with Crippen LogP contribution >= 0.6 is 0 Å². The Balaban J connectivity index is 1.80. The Morgan fingerprint density at radius 2 is 1.96 bits per heavy atom. The minimum atomic E-state index is -0.831. The molecule has 1 heterocycles. The number of likely N-dealkylation sites (tertiary alicyclic amines) is 1. The van der Waals surface area contributed by atoms with Crippen LogP contribution in [0.5, 0.6) is 11.5 Å². The number of carbonyl (C=O) groups is 2. The van der Waals surface area contributed by atoms with E-state index >= 15 is 0 Å². The Kier molecular flexibility index (Phi) is 5.92.